The molecule has 2 amide bonds. The lowest BCUT2D eigenvalue weighted by atomic mass is 10.1. The largest absolute Gasteiger partial charge is 0.507 e. The highest BCUT2D eigenvalue weighted by atomic mass is 35.5. The van der Waals surface area contributed by atoms with E-state index < -0.39 is 0 Å². The number of hydrogen-bond acceptors (Lipinski definition) is 3. The summed E-state index contributed by atoms with van der Waals surface area (Å²) in [7, 11) is 0. The van der Waals surface area contributed by atoms with Gasteiger partial charge in [0.05, 0.1) is 5.56 Å². The number of para-hydroxylation sites is 1. The number of carbonyl (C=O) groups is 2. The van der Waals surface area contributed by atoms with E-state index in [-0.39, 0.29) is 35.7 Å². The van der Waals surface area contributed by atoms with Crippen LogP contribution in [0.15, 0.2) is 42.5 Å². The minimum atomic E-state index is -0.340. The number of rotatable bonds is 2. The number of hydrogen-bond donors (Lipinski definition) is 1. The van der Waals surface area contributed by atoms with Crippen molar-refractivity contribution in [2.75, 3.05) is 18.0 Å². The Hall–Kier alpha value is -2.53. The zero-order chi connectivity index (χ0) is 18.1. The van der Waals surface area contributed by atoms with Crippen molar-refractivity contribution in [3.8, 4) is 5.75 Å². The molecule has 0 radical (unpaired) electrons. The predicted octanol–water partition coefficient (Wildman–Crippen LogP) is 3.23. The molecule has 2 aromatic carbocycles. The first kappa shape index (κ1) is 17.3. The maximum Gasteiger partial charge on any atom is 0.258 e. The Bertz CT molecular complexity index is 837. The standard InChI is InChI=1S/C19H19ClN2O3/c1-12-5-3-8-16(18(12)24)19(25)21-11-17(23)22(10-13(21)2)15-7-4-6-14(20)9-15/h3-9,13,24H,10-11H2,1-2H3/t13-/m0/s1. The van der Waals surface area contributed by atoms with Gasteiger partial charge in [0.1, 0.15) is 12.3 Å². The topological polar surface area (TPSA) is 60.9 Å². The van der Waals surface area contributed by atoms with E-state index in [1.54, 1.807) is 48.2 Å². The summed E-state index contributed by atoms with van der Waals surface area (Å²) in [5.41, 5.74) is 1.56. The molecule has 0 saturated carbocycles. The number of phenols is 1. The molecule has 130 valence electrons. The molecule has 25 heavy (non-hydrogen) atoms. The predicted molar refractivity (Wildman–Crippen MR) is 97.1 cm³/mol. The van der Waals surface area contributed by atoms with Crippen molar-refractivity contribution in [2.45, 2.75) is 19.9 Å². The molecular weight excluding hydrogens is 340 g/mol. The highest BCUT2D eigenvalue weighted by Crippen LogP contribution is 2.27. The number of nitrogens with zero attached hydrogens (tertiary/aromatic N) is 2. The van der Waals surface area contributed by atoms with E-state index in [9.17, 15) is 14.7 Å². The van der Waals surface area contributed by atoms with Gasteiger partial charge >= 0.3 is 0 Å². The van der Waals surface area contributed by atoms with Crippen LogP contribution in [0.1, 0.15) is 22.8 Å². The Kier molecular flexibility index (Phi) is 4.68. The maximum atomic E-state index is 12.8. The monoisotopic (exact) mass is 358 g/mol. The molecule has 6 heteroatoms. The van der Waals surface area contributed by atoms with Crippen molar-refractivity contribution in [3.63, 3.8) is 0 Å². The van der Waals surface area contributed by atoms with E-state index in [1.165, 1.54) is 4.90 Å². The van der Waals surface area contributed by atoms with Crippen LogP contribution < -0.4 is 4.90 Å². The Morgan fingerprint density at radius 1 is 1.24 bits per heavy atom. The van der Waals surface area contributed by atoms with Crippen LogP contribution in [0.4, 0.5) is 5.69 Å². The Labute approximate surface area is 151 Å². The fourth-order valence-electron chi connectivity index (χ4n) is 3.00. The molecule has 1 N–H and O–H groups in total. The van der Waals surface area contributed by atoms with Gasteiger partial charge in [0.15, 0.2) is 0 Å². The third kappa shape index (κ3) is 3.33. The molecule has 1 atom stereocenters. The molecule has 3 rings (SSSR count). The summed E-state index contributed by atoms with van der Waals surface area (Å²) in [6.45, 7) is 3.95. The number of aryl methyl sites for hydroxylation is 1. The molecular formula is C19H19ClN2O3. The molecule has 0 unspecified atom stereocenters. The van der Waals surface area contributed by atoms with Gasteiger partial charge in [-0.15, -0.1) is 0 Å². The van der Waals surface area contributed by atoms with Crippen LogP contribution in [0, 0.1) is 6.92 Å². The average molecular weight is 359 g/mol. The van der Waals surface area contributed by atoms with Crippen LogP contribution >= 0.6 is 11.6 Å². The summed E-state index contributed by atoms with van der Waals surface area (Å²) in [4.78, 5) is 28.5. The van der Waals surface area contributed by atoms with Crippen molar-refractivity contribution in [3.05, 3.63) is 58.6 Å². The summed E-state index contributed by atoms with van der Waals surface area (Å²) < 4.78 is 0. The van der Waals surface area contributed by atoms with Gasteiger partial charge in [0.2, 0.25) is 5.91 Å². The van der Waals surface area contributed by atoms with Crippen molar-refractivity contribution >= 4 is 29.1 Å². The van der Waals surface area contributed by atoms with Crippen molar-refractivity contribution in [1.29, 1.82) is 0 Å². The lowest BCUT2D eigenvalue weighted by molar-refractivity contribution is -0.121. The van der Waals surface area contributed by atoms with Crippen molar-refractivity contribution in [1.82, 2.24) is 4.90 Å². The maximum absolute atomic E-state index is 12.8. The molecule has 1 saturated heterocycles. The highest BCUT2D eigenvalue weighted by molar-refractivity contribution is 6.30. The number of carbonyl (C=O) groups excluding carboxylic acids is 2. The zero-order valence-electron chi connectivity index (χ0n) is 14.1. The third-order valence-corrected chi connectivity index (χ3v) is 4.67. The molecule has 1 heterocycles. The number of aromatic hydroxyl groups is 1. The minimum absolute atomic E-state index is 0.0376. The average Bonchev–Trinajstić information content (AvgIpc) is 2.58. The summed E-state index contributed by atoms with van der Waals surface area (Å²) in [6.07, 6.45) is 0. The number of piperazine rings is 1. The van der Waals surface area contributed by atoms with Crippen molar-refractivity contribution < 1.29 is 14.7 Å². The second-order valence-corrected chi connectivity index (χ2v) is 6.67. The number of amides is 2. The van der Waals surface area contributed by atoms with Gasteiger partial charge in [0, 0.05) is 23.3 Å². The normalized spacial score (nSPS) is 17.7. The van der Waals surface area contributed by atoms with Crippen LogP contribution in [0.3, 0.4) is 0 Å². The smallest absolute Gasteiger partial charge is 0.258 e. The second kappa shape index (κ2) is 6.76. The summed E-state index contributed by atoms with van der Waals surface area (Å²) in [5, 5.41) is 10.7. The fraction of sp³-hybridized carbons (Fsp3) is 0.263. The molecule has 1 aliphatic rings. The molecule has 0 aliphatic carbocycles. The quantitative estimate of drug-likeness (QED) is 0.896. The van der Waals surface area contributed by atoms with Gasteiger partial charge in [-0.3, -0.25) is 9.59 Å². The first-order chi connectivity index (χ1) is 11.9. The van der Waals surface area contributed by atoms with E-state index in [2.05, 4.69) is 0 Å². The minimum Gasteiger partial charge on any atom is -0.507 e. The van der Waals surface area contributed by atoms with Gasteiger partial charge < -0.3 is 14.9 Å². The van der Waals surface area contributed by atoms with Gasteiger partial charge in [-0.2, -0.15) is 0 Å². The second-order valence-electron chi connectivity index (χ2n) is 6.24. The number of phenolic OH excluding ortho intramolecular Hbond substituents is 1. The fourth-order valence-corrected chi connectivity index (χ4v) is 3.19. The van der Waals surface area contributed by atoms with E-state index in [0.717, 1.165) is 5.69 Å². The van der Waals surface area contributed by atoms with Gasteiger partial charge in [-0.1, -0.05) is 29.8 Å². The molecule has 0 spiro atoms. The van der Waals surface area contributed by atoms with Crippen LogP contribution in [-0.2, 0) is 4.79 Å². The highest BCUT2D eigenvalue weighted by Gasteiger charge is 2.34. The Morgan fingerprint density at radius 3 is 2.68 bits per heavy atom. The molecule has 2 aromatic rings. The van der Waals surface area contributed by atoms with E-state index in [4.69, 9.17) is 11.6 Å². The van der Waals surface area contributed by atoms with Gasteiger partial charge in [-0.25, -0.2) is 0 Å². The molecule has 5 nitrogen and oxygen atoms in total. The van der Waals surface area contributed by atoms with Gasteiger partial charge in [0.25, 0.3) is 5.91 Å². The summed E-state index contributed by atoms with van der Waals surface area (Å²) >= 11 is 6.01. The Balaban J connectivity index is 1.84. The molecule has 1 aliphatic heterocycles. The number of benzene rings is 2. The van der Waals surface area contributed by atoms with E-state index >= 15 is 0 Å². The molecule has 0 bridgehead atoms. The van der Waals surface area contributed by atoms with Crippen LogP contribution in [0.5, 0.6) is 5.75 Å². The summed E-state index contributed by atoms with van der Waals surface area (Å²) in [6, 6.07) is 11.9. The number of anilines is 1. The third-order valence-electron chi connectivity index (χ3n) is 4.43. The first-order valence-electron chi connectivity index (χ1n) is 8.04. The number of halogens is 1. The van der Waals surface area contributed by atoms with E-state index in [0.29, 0.717) is 17.1 Å². The van der Waals surface area contributed by atoms with Crippen molar-refractivity contribution in [2.24, 2.45) is 0 Å². The lowest BCUT2D eigenvalue weighted by Crippen LogP contribution is -2.57. The van der Waals surface area contributed by atoms with Crippen LogP contribution in [0.25, 0.3) is 0 Å². The molecule has 0 aromatic heterocycles. The summed E-state index contributed by atoms with van der Waals surface area (Å²) in [5.74, 6) is -0.557. The first-order valence-corrected chi connectivity index (χ1v) is 8.41. The zero-order valence-corrected chi connectivity index (χ0v) is 14.8. The van der Waals surface area contributed by atoms with Crippen LogP contribution in [-0.4, -0.2) is 41.0 Å². The van der Waals surface area contributed by atoms with Crippen LogP contribution in [0.2, 0.25) is 5.02 Å². The SMILES string of the molecule is Cc1cccc(C(=O)N2CC(=O)N(c3cccc(Cl)c3)C[C@@H]2C)c1O. The molecule has 1 fully saturated rings. The lowest BCUT2D eigenvalue weighted by Gasteiger charge is -2.39. The van der Waals surface area contributed by atoms with Gasteiger partial charge in [-0.05, 0) is 43.7 Å². The Morgan fingerprint density at radius 2 is 1.96 bits per heavy atom. The van der Waals surface area contributed by atoms with E-state index in [1.807, 2.05) is 13.0 Å².